The van der Waals surface area contributed by atoms with E-state index in [-0.39, 0.29) is 18.2 Å². The van der Waals surface area contributed by atoms with E-state index in [1.807, 2.05) is 26.0 Å². The summed E-state index contributed by atoms with van der Waals surface area (Å²) in [5.74, 6) is 0.428. The van der Waals surface area contributed by atoms with Crippen molar-refractivity contribution < 1.29 is 14.1 Å². The quantitative estimate of drug-likeness (QED) is 0.757. The summed E-state index contributed by atoms with van der Waals surface area (Å²) < 4.78 is 5.02. The molecule has 0 aliphatic carbocycles. The zero-order chi connectivity index (χ0) is 16.7. The van der Waals surface area contributed by atoms with Crippen LogP contribution in [0.25, 0.3) is 0 Å². The second-order valence-corrected chi connectivity index (χ2v) is 5.15. The van der Waals surface area contributed by atoms with Gasteiger partial charge >= 0.3 is 0 Å². The van der Waals surface area contributed by atoms with Crippen LogP contribution in [0.15, 0.2) is 28.8 Å². The predicted molar refractivity (Wildman–Crippen MR) is 84.8 cm³/mol. The number of hydrogen-bond acceptors (Lipinski definition) is 5. The number of rotatable bonds is 7. The molecule has 1 aromatic carbocycles. The molecule has 2 N–H and O–H groups in total. The van der Waals surface area contributed by atoms with Crippen molar-refractivity contribution in [2.75, 3.05) is 11.9 Å². The van der Waals surface area contributed by atoms with E-state index >= 15 is 0 Å². The number of hydrogen-bond donors (Lipinski definition) is 2. The van der Waals surface area contributed by atoms with Crippen molar-refractivity contribution in [1.82, 2.24) is 15.5 Å². The van der Waals surface area contributed by atoms with Crippen molar-refractivity contribution >= 4 is 17.5 Å². The molecule has 0 radical (unpaired) electrons. The standard InChI is InChI=1S/C16H20N4O3/c1-3-13-19-16(23-20-13)8-9-17-14(21)10-15(22)18-12-6-4-11(2)5-7-12/h4-7H,3,8-10H2,1-2H3,(H,17,21)(H,18,22). The van der Waals surface area contributed by atoms with Gasteiger partial charge in [0.15, 0.2) is 5.82 Å². The Morgan fingerprint density at radius 2 is 1.91 bits per heavy atom. The minimum Gasteiger partial charge on any atom is -0.355 e. The van der Waals surface area contributed by atoms with Gasteiger partial charge in [0.25, 0.3) is 0 Å². The third-order valence-corrected chi connectivity index (χ3v) is 3.14. The van der Waals surface area contributed by atoms with Crippen molar-refractivity contribution in [3.05, 3.63) is 41.5 Å². The number of carbonyl (C=O) groups is 2. The van der Waals surface area contributed by atoms with Crippen molar-refractivity contribution in [2.24, 2.45) is 0 Å². The van der Waals surface area contributed by atoms with E-state index in [1.165, 1.54) is 0 Å². The molecule has 0 spiro atoms. The number of nitrogens with one attached hydrogen (secondary N) is 2. The maximum atomic E-state index is 11.8. The summed E-state index contributed by atoms with van der Waals surface area (Å²) >= 11 is 0. The first kappa shape index (κ1) is 16.7. The Labute approximate surface area is 134 Å². The van der Waals surface area contributed by atoms with Gasteiger partial charge in [-0.25, -0.2) is 0 Å². The molecule has 1 heterocycles. The molecule has 0 atom stereocenters. The first-order valence-electron chi connectivity index (χ1n) is 7.51. The van der Waals surface area contributed by atoms with E-state index in [4.69, 9.17) is 4.52 Å². The van der Waals surface area contributed by atoms with E-state index in [0.29, 0.717) is 36.8 Å². The van der Waals surface area contributed by atoms with Gasteiger partial charge in [0.2, 0.25) is 17.7 Å². The Bertz CT molecular complexity index is 664. The van der Waals surface area contributed by atoms with Crippen LogP contribution in [-0.2, 0) is 22.4 Å². The second kappa shape index (κ2) is 8.07. The fourth-order valence-corrected chi connectivity index (χ4v) is 1.89. The zero-order valence-corrected chi connectivity index (χ0v) is 13.3. The fraction of sp³-hybridized carbons (Fsp3) is 0.375. The molecule has 0 saturated heterocycles. The van der Waals surface area contributed by atoms with Gasteiger partial charge in [-0.1, -0.05) is 29.8 Å². The van der Waals surface area contributed by atoms with Gasteiger partial charge in [0.05, 0.1) is 0 Å². The molecular weight excluding hydrogens is 296 g/mol. The number of aryl methyl sites for hydroxylation is 2. The molecule has 2 rings (SSSR count). The second-order valence-electron chi connectivity index (χ2n) is 5.15. The van der Waals surface area contributed by atoms with Crippen LogP contribution in [0.1, 0.15) is 30.6 Å². The van der Waals surface area contributed by atoms with Crippen LogP contribution in [-0.4, -0.2) is 28.5 Å². The summed E-state index contributed by atoms with van der Waals surface area (Å²) in [5.41, 5.74) is 1.78. The molecule has 2 aromatic rings. The van der Waals surface area contributed by atoms with Gasteiger partial charge in [0.1, 0.15) is 6.42 Å². The van der Waals surface area contributed by atoms with E-state index in [9.17, 15) is 9.59 Å². The summed E-state index contributed by atoms with van der Waals surface area (Å²) in [6.07, 6.45) is 0.922. The number of anilines is 1. The van der Waals surface area contributed by atoms with Crippen LogP contribution in [0.3, 0.4) is 0 Å². The Morgan fingerprint density at radius 1 is 1.17 bits per heavy atom. The lowest BCUT2D eigenvalue weighted by atomic mass is 10.2. The van der Waals surface area contributed by atoms with Gasteiger partial charge in [0, 0.05) is 25.1 Å². The first-order chi connectivity index (χ1) is 11.1. The van der Waals surface area contributed by atoms with Crippen molar-refractivity contribution in [2.45, 2.75) is 33.1 Å². The lowest BCUT2D eigenvalue weighted by molar-refractivity contribution is -0.126. The number of benzene rings is 1. The molecular formula is C16H20N4O3. The highest BCUT2D eigenvalue weighted by Gasteiger charge is 2.10. The number of carbonyl (C=O) groups excluding carboxylic acids is 2. The van der Waals surface area contributed by atoms with Crippen LogP contribution in [0.5, 0.6) is 0 Å². The van der Waals surface area contributed by atoms with Gasteiger partial charge in [-0.2, -0.15) is 4.98 Å². The molecule has 0 bridgehead atoms. The predicted octanol–water partition coefficient (Wildman–Crippen LogP) is 1.63. The smallest absolute Gasteiger partial charge is 0.233 e. The topological polar surface area (TPSA) is 97.1 Å². The van der Waals surface area contributed by atoms with Crippen LogP contribution < -0.4 is 10.6 Å². The van der Waals surface area contributed by atoms with Crippen molar-refractivity contribution in [3.63, 3.8) is 0 Å². The minimum absolute atomic E-state index is 0.224. The highest BCUT2D eigenvalue weighted by atomic mass is 16.5. The molecule has 0 fully saturated rings. The average Bonchev–Trinajstić information content (AvgIpc) is 2.97. The largest absolute Gasteiger partial charge is 0.355 e. The van der Waals surface area contributed by atoms with Crippen LogP contribution >= 0.6 is 0 Å². The van der Waals surface area contributed by atoms with E-state index in [2.05, 4.69) is 20.8 Å². The van der Waals surface area contributed by atoms with Crippen LogP contribution in [0.4, 0.5) is 5.69 Å². The summed E-state index contributed by atoms with van der Waals surface area (Å²) in [4.78, 5) is 27.6. The summed E-state index contributed by atoms with van der Waals surface area (Å²) in [6.45, 7) is 4.25. The lowest BCUT2D eigenvalue weighted by Gasteiger charge is -2.06. The van der Waals surface area contributed by atoms with Gasteiger partial charge in [-0.05, 0) is 19.1 Å². The maximum Gasteiger partial charge on any atom is 0.233 e. The summed E-state index contributed by atoms with van der Waals surface area (Å²) in [5, 5.41) is 9.11. The molecule has 0 saturated carbocycles. The van der Waals surface area contributed by atoms with E-state index in [1.54, 1.807) is 12.1 Å². The summed E-state index contributed by atoms with van der Waals surface area (Å²) in [6, 6.07) is 7.38. The highest BCUT2D eigenvalue weighted by molar-refractivity contribution is 6.03. The monoisotopic (exact) mass is 316 g/mol. The third-order valence-electron chi connectivity index (χ3n) is 3.14. The Morgan fingerprint density at radius 3 is 2.57 bits per heavy atom. The molecule has 7 heteroatoms. The van der Waals surface area contributed by atoms with Gasteiger partial charge in [-0.3, -0.25) is 9.59 Å². The minimum atomic E-state index is -0.350. The Balaban J connectivity index is 1.69. The molecule has 0 aliphatic rings. The zero-order valence-electron chi connectivity index (χ0n) is 13.3. The van der Waals surface area contributed by atoms with E-state index in [0.717, 1.165) is 5.56 Å². The third kappa shape index (κ3) is 5.54. The lowest BCUT2D eigenvalue weighted by Crippen LogP contribution is -2.29. The highest BCUT2D eigenvalue weighted by Crippen LogP contribution is 2.08. The SMILES string of the molecule is CCc1noc(CCNC(=O)CC(=O)Nc2ccc(C)cc2)n1. The fourth-order valence-electron chi connectivity index (χ4n) is 1.89. The Kier molecular flexibility index (Phi) is 5.85. The molecule has 7 nitrogen and oxygen atoms in total. The van der Waals surface area contributed by atoms with Crippen molar-refractivity contribution in [3.8, 4) is 0 Å². The first-order valence-corrected chi connectivity index (χ1v) is 7.51. The molecule has 122 valence electrons. The molecule has 23 heavy (non-hydrogen) atoms. The molecule has 0 unspecified atom stereocenters. The van der Waals surface area contributed by atoms with E-state index < -0.39 is 0 Å². The number of nitrogens with zero attached hydrogens (tertiary/aromatic N) is 2. The van der Waals surface area contributed by atoms with Gasteiger partial charge in [-0.15, -0.1) is 0 Å². The van der Waals surface area contributed by atoms with Crippen LogP contribution in [0, 0.1) is 6.92 Å². The molecule has 2 amide bonds. The van der Waals surface area contributed by atoms with Crippen molar-refractivity contribution in [1.29, 1.82) is 0 Å². The normalized spacial score (nSPS) is 10.3. The maximum absolute atomic E-state index is 11.8. The van der Waals surface area contributed by atoms with Gasteiger partial charge < -0.3 is 15.2 Å². The summed E-state index contributed by atoms with van der Waals surface area (Å²) in [7, 11) is 0. The number of amides is 2. The molecule has 0 aliphatic heterocycles. The average molecular weight is 316 g/mol. The molecule has 1 aromatic heterocycles. The Hall–Kier alpha value is -2.70. The van der Waals surface area contributed by atoms with Crippen LogP contribution in [0.2, 0.25) is 0 Å². The number of aromatic nitrogens is 2.